The fourth-order valence-electron chi connectivity index (χ4n) is 2.10. The number of hydrogen-bond acceptors (Lipinski definition) is 3. The number of benzene rings is 1. The predicted molar refractivity (Wildman–Crippen MR) is 90.3 cm³/mol. The first-order chi connectivity index (χ1) is 9.58. The van der Waals surface area contributed by atoms with E-state index >= 15 is 0 Å². The second kappa shape index (κ2) is 6.94. The summed E-state index contributed by atoms with van der Waals surface area (Å²) in [5.41, 5.74) is 2.20. The molecule has 0 fully saturated rings. The van der Waals surface area contributed by atoms with Crippen molar-refractivity contribution in [3.05, 3.63) is 49.1 Å². The highest BCUT2D eigenvalue weighted by Crippen LogP contribution is 2.39. The lowest BCUT2D eigenvalue weighted by atomic mass is 10.0. The molecule has 1 N–H and O–H groups in total. The molecule has 0 aliphatic rings. The maximum atomic E-state index is 6.42. The molecule has 5 heteroatoms. The number of nitrogens with one attached hydrogen (secondary N) is 1. The maximum Gasteiger partial charge on any atom is 0.124 e. The van der Waals surface area contributed by atoms with E-state index in [4.69, 9.17) is 16.3 Å². The van der Waals surface area contributed by atoms with Crippen LogP contribution in [0.2, 0.25) is 5.02 Å². The average Bonchev–Trinajstić information content (AvgIpc) is 2.75. The molecule has 108 valence electrons. The molecule has 0 bridgehead atoms. The third kappa shape index (κ3) is 3.19. The molecular formula is C15H17BrClNOS. The first kappa shape index (κ1) is 15.8. The van der Waals surface area contributed by atoms with Gasteiger partial charge >= 0.3 is 0 Å². The molecule has 0 radical (unpaired) electrons. The molecule has 0 saturated heterocycles. The Morgan fingerprint density at radius 2 is 2.20 bits per heavy atom. The third-order valence-electron chi connectivity index (χ3n) is 3.06. The van der Waals surface area contributed by atoms with Gasteiger partial charge in [-0.15, -0.1) is 11.3 Å². The summed E-state index contributed by atoms with van der Waals surface area (Å²) in [6.07, 6.45) is 0. The fraction of sp³-hybridized carbons (Fsp3) is 0.333. The minimum atomic E-state index is 0.0280. The molecule has 0 amide bonds. The van der Waals surface area contributed by atoms with Gasteiger partial charge in [-0.1, -0.05) is 27.5 Å². The summed E-state index contributed by atoms with van der Waals surface area (Å²) in [4.78, 5) is 1.12. The number of aryl methyl sites for hydroxylation is 1. The molecule has 0 saturated carbocycles. The SMILES string of the molecule is CCOc1ccc(Br)cc1C(NC)c1scc(C)c1Cl. The molecule has 0 aliphatic carbocycles. The Balaban J connectivity index is 2.51. The lowest BCUT2D eigenvalue weighted by Gasteiger charge is -2.20. The third-order valence-corrected chi connectivity index (χ3v) is 5.33. The molecule has 1 aromatic carbocycles. The second-order valence-electron chi connectivity index (χ2n) is 4.43. The number of halogens is 2. The molecule has 1 aromatic heterocycles. The van der Waals surface area contributed by atoms with Crippen LogP contribution in [0.1, 0.15) is 29.0 Å². The van der Waals surface area contributed by atoms with Gasteiger partial charge in [-0.3, -0.25) is 0 Å². The molecule has 1 heterocycles. The van der Waals surface area contributed by atoms with Gasteiger partial charge in [0, 0.05) is 14.9 Å². The van der Waals surface area contributed by atoms with Crippen molar-refractivity contribution >= 4 is 38.9 Å². The van der Waals surface area contributed by atoms with Crippen molar-refractivity contribution in [2.75, 3.05) is 13.7 Å². The second-order valence-corrected chi connectivity index (χ2v) is 6.64. The molecule has 0 aliphatic heterocycles. The topological polar surface area (TPSA) is 21.3 Å². The molecule has 1 unspecified atom stereocenters. The highest BCUT2D eigenvalue weighted by Gasteiger charge is 2.22. The van der Waals surface area contributed by atoms with Crippen LogP contribution in [0.15, 0.2) is 28.1 Å². The van der Waals surface area contributed by atoms with Gasteiger partial charge in [0.15, 0.2) is 0 Å². The van der Waals surface area contributed by atoms with Gasteiger partial charge in [0.2, 0.25) is 0 Å². The fourth-order valence-corrected chi connectivity index (χ4v) is 3.91. The quantitative estimate of drug-likeness (QED) is 0.778. The summed E-state index contributed by atoms with van der Waals surface area (Å²) in [7, 11) is 1.94. The van der Waals surface area contributed by atoms with Crippen LogP contribution in [0, 0.1) is 6.92 Å². The predicted octanol–water partition coefficient (Wildman–Crippen LogP) is 5.18. The molecule has 1 atom stereocenters. The van der Waals surface area contributed by atoms with E-state index in [2.05, 4.69) is 32.7 Å². The van der Waals surface area contributed by atoms with Gasteiger partial charge < -0.3 is 10.1 Å². The van der Waals surface area contributed by atoms with Crippen LogP contribution in [0.3, 0.4) is 0 Å². The molecule has 0 spiro atoms. The zero-order valence-corrected chi connectivity index (χ0v) is 14.8. The van der Waals surface area contributed by atoms with Crippen LogP contribution in [-0.2, 0) is 0 Å². The van der Waals surface area contributed by atoms with Crippen molar-refractivity contribution in [1.29, 1.82) is 0 Å². The lowest BCUT2D eigenvalue weighted by molar-refractivity contribution is 0.334. The van der Waals surface area contributed by atoms with Crippen LogP contribution in [0.25, 0.3) is 0 Å². The molecule has 2 nitrogen and oxygen atoms in total. The summed E-state index contributed by atoms with van der Waals surface area (Å²) in [6.45, 7) is 4.66. The van der Waals surface area contributed by atoms with E-state index < -0.39 is 0 Å². The van der Waals surface area contributed by atoms with E-state index in [1.165, 1.54) is 0 Å². The highest BCUT2D eigenvalue weighted by molar-refractivity contribution is 9.10. The Hall–Kier alpha value is -0.550. The van der Waals surface area contributed by atoms with Crippen molar-refractivity contribution in [1.82, 2.24) is 5.32 Å². The van der Waals surface area contributed by atoms with Gasteiger partial charge in [-0.25, -0.2) is 0 Å². The standard InChI is InChI=1S/C15H17BrClNOS/c1-4-19-12-6-5-10(16)7-11(12)14(18-3)15-13(17)9(2)8-20-15/h5-8,14,18H,4H2,1-3H3. The number of thiophene rings is 1. The van der Waals surface area contributed by atoms with E-state index in [-0.39, 0.29) is 6.04 Å². The van der Waals surface area contributed by atoms with Crippen LogP contribution in [-0.4, -0.2) is 13.7 Å². The van der Waals surface area contributed by atoms with Crippen molar-refractivity contribution in [3.63, 3.8) is 0 Å². The lowest BCUT2D eigenvalue weighted by Crippen LogP contribution is -2.18. The van der Waals surface area contributed by atoms with Crippen molar-refractivity contribution < 1.29 is 4.74 Å². The van der Waals surface area contributed by atoms with E-state index in [0.717, 1.165) is 31.2 Å². The minimum absolute atomic E-state index is 0.0280. The average molecular weight is 375 g/mol. The molecule has 2 aromatic rings. The van der Waals surface area contributed by atoms with Gasteiger partial charge in [0.25, 0.3) is 0 Å². The van der Waals surface area contributed by atoms with Crippen LogP contribution in [0.5, 0.6) is 5.75 Å². The number of ether oxygens (including phenoxy) is 1. The molecule has 20 heavy (non-hydrogen) atoms. The van der Waals surface area contributed by atoms with Crippen molar-refractivity contribution in [2.45, 2.75) is 19.9 Å². The summed E-state index contributed by atoms with van der Waals surface area (Å²) < 4.78 is 6.77. The van der Waals surface area contributed by atoms with E-state index in [9.17, 15) is 0 Å². The van der Waals surface area contributed by atoms with Gasteiger partial charge in [0.05, 0.1) is 17.7 Å². The van der Waals surface area contributed by atoms with Crippen LogP contribution < -0.4 is 10.1 Å². The zero-order valence-electron chi connectivity index (χ0n) is 11.7. The maximum absolute atomic E-state index is 6.42. The van der Waals surface area contributed by atoms with Gasteiger partial charge in [0.1, 0.15) is 5.75 Å². The Morgan fingerprint density at radius 3 is 2.75 bits per heavy atom. The molecular weight excluding hydrogens is 358 g/mol. The smallest absolute Gasteiger partial charge is 0.124 e. The number of rotatable bonds is 5. The first-order valence-electron chi connectivity index (χ1n) is 6.41. The summed E-state index contributed by atoms with van der Waals surface area (Å²) in [6, 6.07) is 6.09. The van der Waals surface area contributed by atoms with E-state index in [1.807, 2.05) is 33.0 Å². The Kier molecular flexibility index (Phi) is 5.49. The highest BCUT2D eigenvalue weighted by atomic mass is 79.9. The Labute approximate surface area is 137 Å². The Morgan fingerprint density at radius 1 is 1.45 bits per heavy atom. The largest absolute Gasteiger partial charge is 0.494 e. The van der Waals surface area contributed by atoms with E-state index in [0.29, 0.717) is 6.61 Å². The van der Waals surface area contributed by atoms with Crippen molar-refractivity contribution in [3.8, 4) is 5.75 Å². The van der Waals surface area contributed by atoms with E-state index in [1.54, 1.807) is 11.3 Å². The Bertz CT molecular complexity index is 600. The van der Waals surface area contributed by atoms with Crippen molar-refractivity contribution in [2.24, 2.45) is 0 Å². The number of hydrogen-bond donors (Lipinski definition) is 1. The van der Waals surface area contributed by atoms with Gasteiger partial charge in [-0.2, -0.15) is 0 Å². The summed E-state index contributed by atoms with van der Waals surface area (Å²) >= 11 is 11.6. The zero-order chi connectivity index (χ0) is 14.7. The van der Waals surface area contributed by atoms with Crippen LogP contribution in [0.4, 0.5) is 0 Å². The normalized spacial score (nSPS) is 12.4. The monoisotopic (exact) mass is 373 g/mol. The summed E-state index contributed by atoms with van der Waals surface area (Å²) in [5, 5.41) is 6.25. The first-order valence-corrected chi connectivity index (χ1v) is 8.46. The molecule has 2 rings (SSSR count). The van der Waals surface area contributed by atoms with Gasteiger partial charge in [-0.05, 0) is 50.0 Å². The summed E-state index contributed by atoms with van der Waals surface area (Å²) in [5.74, 6) is 0.886. The minimum Gasteiger partial charge on any atom is -0.494 e. The van der Waals surface area contributed by atoms with Crippen LogP contribution >= 0.6 is 38.9 Å².